The fraction of sp³-hybridized carbons (Fsp3) is 0.800. The van der Waals surface area contributed by atoms with Crippen LogP contribution >= 0.6 is 11.8 Å². The molecule has 0 aromatic carbocycles. The lowest BCUT2D eigenvalue weighted by atomic mass is 10.0. The van der Waals surface area contributed by atoms with Crippen LogP contribution in [-0.2, 0) is 33.6 Å². The molecular weight excluding hydrogens is 809 g/mol. The molecule has 21 heteroatoms. The molecule has 3 heterocycles. The van der Waals surface area contributed by atoms with Crippen LogP contribution in [0.3, 0.4) is 0 Å². The zero-order chi connectivity index (χ0) is 44.7. The summed E-state index contributed by atoms with van der Waals surface area (Å²) in [5.74, 6) is -2.98. The van der Waals surface area contributed by atoms with E-state index < -0.39 is 71.7 Å². The van der Waals surface area contributed by atoms with Gasteiger partial charge in [0.05, 0.1) is 12.1 Å². The van der Waals surface area contributed by atoms with Crippen LogP contribution in [0.1, 0.15) is 117 Å². The summed E-state index contributed by atoms with van der Waals surface area (Å²) < 4.78 is 0. The van der Waals surface area contributed by atoms with Crippen molar-refractivity contribution in [3.63, 3.8) is 0 Å². The van der Waals surface area contributed by atoms with Gasteiger partial charge in [-0.3, -0.25) is 33.6 Å². The smallest absolute Gasteiger partial charge is 0.315 e. The lowest BCUT2D eigenvalue weighted by molar-refractivity contribution is -0.136. The zero-order valence-electron chi connectivity index (χ0n) is 36.0. The maximum atomic E-state index is 14.0. The number of rotatable bonds is 22. The highest BCUT2D eigenvalue weighted by Gasteiger charge is 2.42. The van der Waals surface area contributed by atoms with Crippen LogP contribution in [0, 0.1) is 0 Å². The number of carbonyl (C=O) groups excluding carboxylic acids is 8. The first-order chi connectivity index (χ1) is 29.3. The van der Waals surface area contributed by atoms with Gasteiger partial charge in [0.25, 0.3) is 0 Å². The van der Waals surface area contributed by atoms with Gasteiger partial charge in [0, 0.05) is 24.0 Å². The highest BCUT2D eigenvalue weighted by molar-refractivity contribution is 8.00. The third kappa shape index (κ3) is 18.0. The normalized spacial score (nSPS) is 27.8. The van der Waals surface area contributed by atoms with E-state index in [1.165, 1.54) is 13.8 Å². The minimum Gasteiger partial charge on any atom is -0.356 e. The first kappa shape index (κ1) is 51.1. The molecule has 15 N–H and O–H groups in total. The van der Waals surface area contributed by atoms with Gasteiger partial charge in [-0.2, -0.15) is 11.8 Å². The van der Waals surface area contributed by atoms with Crippen LogP contribution in [0.4, 0.5) is 4.79 Å². The Morgan fingerprint density at radius 3 is 1.39 bits per heavy atom. The van der Waals surface area contributed by atoms with Crippen molar-refractivity contribution in [3.05, 3.63) is 0 Å². The Kier molecular flexibility index (Phi) is 23.2. The van der Waals surface area contributed by atoms with E-state index >= 15 is 0 Å². The largest absolute Gasteiger partial charge is 0.356 e. The van der Waals surface area contributed by atoms with Crippen molar-refractivity contribution in [2.75, 3.05) is 31.9 Å². The quantitative estimate of drug-likeness (QED) is 0.0430. The molecule has 20 nitrogen and oxygen atoms in total. The number of nitrogens with two attached hydrogens (primary N) is 3. The Hall–Kier alpha value is -4.21. The predicted molar refractivity (Wildman–Crippen MR) is 232 cm³/mol. The van der Waals surface area contributed by atoms with Crippen LogP contribution in [0.5, 0.6) is 0 Å². The van der Waals surface area contributed by atoms with Gasteiger partial charge in [-0.15, -0.1) is 0 Å². The minimum atomic E-state index is -1.12. The van der Waals surface area contributed by atoms with Gasteiger partial charge in [0.15, 0.2) is 0 Å². The van der Waals surface area contributed by atoms with Crippen molar-refractivity contribution in [1.82, 2.24) is 47.9 Å². The first-order valence-electron chi connectivity index (χ1n) is 22.2. The molecule has 61 heavy (non-hydrogen) atoms. The summed E-state index contributed by atoms with van der Waals surface area (Å²) in [6.45, 7) is 4.36. The highest BCUT2D eigenvalue weighted by atomic mass is 32.2. The second-order valence-corrected chi connectivity index (χ2v) is 17.5. The number of hydrogen-bond acceptors (Lipinski definition) is 12. The summed E-state index contributed by atoms with van der Waals surface area (Å²) in [6.07, 6.45) is 7.73. The Labute approximate surface area is 363 Å². The van der Waals surface area contributed by atoms with Gasteiger partial charge in [0.1, 0.15) is 36.3 Å². The molecule has 3 aliphatic heterocycles. The number of hydrogen-bond donors (Lipinski definition) is 12. The van der Waals surface area contributed by atoms with Gasteiger partial charge < -0.3 is 65.1 Å². The van der Waals surface area contributed by atoms with Gasteiger partial charge in [-0.05, 0) is 123 Å². The van der Waals surface area contributed by atoms with Gasteiger partial charge in [0.2, 0.25) is 41.4 Å². The number of carbonyl (C=O) groups is 8. The van der Waals surface area contributed by atoms with E-state index in [0.29, 0.717) is 95.6 Å². The second-order valence-electron chi connectivity index (χ2n) is 16.3. The molecule has 3 aliphatic rings. The Morgan fingerprint density at radius 1 is 0.525 bits per heavy atom. The third-order valence-corrected chi connectivity index (χ3v) is 12.7. The number of fused-ring (bicyclic) bond motifs is 1. The molecule has 0 bridgehead atoms. The molecule has 0 radical (unpaired) electrons. The molecule has 0 saturated carbocycles. The molecule has 346 valence electrons. The van der Waals surface area contributed by atoms with E-state index in [2.05, 4.69) is 47.9 Å². The molecule has 3 saturated heterocycles. The number of amides is 9. The Morgan fingerprint density at radius 2 is 0.934 bits per heavy atom. The Balaban J connectivity index is 1.71. The van der Waals surface area contributed by atoms with Crippen molar-refractivity contribution in [2.24, 2.45) is 17.2 Å². The predicted octanol–water partition coefficient (Wildman–Crippen LogP) is -1.65. The fourth-order valence-electron chi connectivity index (χ4n) is 7.51. The van der Waals surface area contributed by atoms with Crippen molar-refractivity contribution >= 4 is 59.1 Å². The van der Waals surface area contributed by atoms with Crippen molar-refractivity contribution in [3.8, 4) is 0 Å². The summed E-state index contributed by atoms with van der Waals surface area (Å²) in [5, 5.41) is 25.4. The van der Waals surface area contributed by atoms with Gasteiger partial charge in [-0.25, -0.2) is 4.79 Å². The molecule has 0 spiro atoms. The molecule has 3 fully saturated rings. The number of nitrogens with one attached hydrogen (secondary N) is 9. The van der Waals surface area contributed by atoms with E-state index in [4.69, 9.17) is 17.2 Å². The molecule has 9 atom stereocenters. The SMILES string of the molecule is C[C@H]1NC(=O)[C@H](CCCCN)NC(=O)[C@@H](CCCCNC(=O)CCCC[C@@H]2SCC3NC(=O)NC32)NC(=O)[C@H](CCCCN)NC(=O)[C@@H](C)NC(=O)[C@H](CCCCN)NC1=O. The maximum absolute atomic E-state index is 14.0. The zero-order valence-corrected chi connectivity index (χ0v) is 36.8. The molecular formula is C40H72N12O8S. The number of thioether (sulfide) groups is 1. The summed E-state index contributed by atoms with van der Waals surface area (Å²) in [4.78, 5) is 106. The topological polar surface area (TPSA) is 323 Å². The van der Waals surface area contributed by atoms with Gasteiger partial charge >= 0.3 is 6.03 Å². The summed E-state index contributed by atoms with van der Waals surface area (Å²) in [6, 6.07) is -6.37. The summed E-state index contributed by atoms with van der Waals surface area (Å²) in [7, 11) is 0. The van der Waals surface area contributed by atoms with E-state index in [1.807, 2.05) is 11.8 Å². The lowest BCUT2D eigenvalue weighted by Gasteiger charge is -2.28. The van der Waals surface area contributed by atoms with E-state index in [9.17, 15) is 38.4 Å². The average Bonchev–Trinajstić information content (AvgIpc) is 3.78. The standard InChI is InChI=1S/C40H72N12O8S/c1-24-34(54)47-26(13-5-9-19-41)36(56)45-25(2)35(55)48-28(15-7-11-21-43)38(58)50-29(39(59)49-27(37(57)46-24)14-6-10-20-42)16-8-12-22-44-32(53)18-4-3-17-31-33-30(23-61-31)51-40(60)52-33/h24-31,33H,3-23,41-43H2,1-2H3,(H,44,53)(H,45,56)(H,46,57)(H,47,54)(H,48,55)(H,49,59)(H,50,58)(H2,51,52,60)/t24-,25-,26+,27+,28+,29-,30?,31+,33?/m1/s1. The molecule has 0 aromatic heterocycles. The number of urea groups is 1. The lowest BCUT2D eigenvalue weighted by Crippen LogP contribution is -2.60. The third-order valence-electron chi connectivity index (χ3n) is 11.2. The average molecular weight is 881 g/mol. The fourth-order valence-corrected chi connectivity index (χ4v) is 9.06. The minimum absolute atomic E-state index is 0.0899. The molecule has 0 aliphatic carbocycles. The van der Waals surface area contributed by atoms with Gasteiger partial charge in [-0.1, -0.05) is 6.42 Å². The number of unbranched alkanes of at least 4 members (excludes halogenated alkanes) is 5. The van der Waals surface area contributed by atoms with E-state index in [0.717, 1.165) is 18.6 Å². The van der Waals surface area contributed by atoms with E-state index in [-0.39, 0.29) is 49.7 Å². The Bertz CT molecular complexity index is 1470. The first-order valence-corrected chi connectivity index (χ1v) is 23.2. The van der Waals surface area contributed by atoms with Crippen molar-refractivity contribution in [2.45, 2.75) is 170 Å². The van der Waals surface area contributed by atoms with Crippen LogP contribution < -0.4 is 65.1 Å². The summed E-state index contributed by atoms with van der Waals surface area (Å²) >= 11 is 1.84. The van der Waals surface area contributed by atoms with Crippen molar-refractivity contribution < 1.29 is 38.4 Å². The van der Waals surface area contributed by atoms with Crippen LogP contribution in [0.2, 0.25) is 0 Å². The van der Waals surface area contributed by atoms with Crippen LogP contribution in [0.25, 0.3) is 0 Å². The van der Waals surface area contributed by atoms with E-state index in [1.54, 1.807) is 0 Å². The maximum Gasteiger partial charge on any atom is 0.315 e. The molecule has 9 amide bonds. The van der Waals surface area contributed by atoms with Crippen LogP contribution in [0.15, 0.2) is 0 Å². The highest BCUT2D eigenvalue weighted by Crippen LogP contribution is 2.33. The monoisotopic (exact) mass is 881 g/mol. The van der Waals surface area contributed by atoms with Crippen molar-refractivity contribution in [1.29, 1.82) is 0 Å². The molecule has 2 unspecified atom stereocenters. The second kappa shape index (κ2) is 27.7. The van der Waals surface area contributed by atoms with Crippen LogP contribution in [-0.4, -0.2) is 133 Å². The molecule has 0 aromatic rings. The summed E-state index contributed by atoms with van der Waals surface area (Å²) in [5.41, 5.74) is 17.1. The molecule has 3 rings (SSSR count).